The van der Waals surface area contributed by atoms with E-state index in [0.29, 0.717) is 19.8 Å². The Labute approximate surface area is 111 Å². The summed E-state index contributed by atoms with van der Waals surface area (Å²) in [6.07, 6.45) is 3.74. The highest BCUT2D eigenvalue weighted by Gasteiger charge is 2.21. The van der Waals surface area contributed by atoms with Gasteiger partial charge in [0.25, 0.3) is 0 Å². The molecule has 0 aromatic heterocycles. The van der Waals surface area contributed by atoms with Crippen LogP contribution in [0.4, 0.5) is 0 Å². The van der Waals surface area contributed by atoms with Crippen molar-refractivity contribution in [1.29, 1.82) is 0 Å². The van der Waals surface area contributed by atoms with E-state index < -0.39 is 6.10 Å². The van der Waals surface area contributed by atoms with Crippen molar-refractivity contribution in [3.63, 3.8) is 0 Å². The van der Waals surface area contributed by atoms with Crippen LogP contribution in [-0.4, -0.2) is 62.2 Å². The molecular weight excluding hydrogens is 230 g/mol. The summed E-state index contributed by atoms with van der Waals surface area (Å²) in [5.41, 5.74) is 0. The van der Waals surface area contributed by atoms with Crippen LogP contribution >= 0.6 is 0 Å². The lowest BCUT2D eigenvalue weighted by Gasteiger charge is -2.32. The van der Waals surface area contributed by atoms with Gasteiger partial charge in [-0.05, 0) is 32.2 Å². The van der Waals surface area contributed by atoms with Crippen LogP contribution < -0.4 is 0 Å². The molecule has 0 saturated heterocycles. The lowest BCUT2D eigenvalue weighted by atomic mass is 9.85. The van der Waals surface area contributed by atoms with Gasteiger partial charge in [-0.3, -0.25) is 0 Å². The van der Waals surface area contributed by atoms with Crippen LogP contribution in [0.3, 0.4) is 0 Å². The largest absolute Gasteiger partial charge is 0.389 e. The number of rotatable bonds is 10. The molecule has 1 saturated carbocycles. The normalized spacial score (nSPS) is 19.8. The Kier molecular flexibility index (Phi) is 7.82. The molecule has 0 heterocycles. The van der Waals surface area contributed by atoms with Gasteiger partial charge in [-0.1, -0.05) is 13.3 Å². The molecule has 1 rings (SSSR count). The third kappa shape index (κ3) is 6.14. The summed E-state index contributed by atoms with van der Waals surface area (Å²) in [4.78, 5) is 2.33. The van der Waals surface area contributed by atoms with Crippen molar-refractivity contribution < 1.29 is 14.6 Å². The summed E-state index contributed by atoms with van der Waals surface area (Å²) in [5.74, 6) is 0.852. The first-order valence-corrected chi connectivity index (χ1v) is 7.16. The molecule has 0 aromatic rings. The first-order valence-electron chi connectivity index (χ1n) is 7.16. The Balaban J connectivity index is 2.13. The van der Waals surface area contributed by atoms with Gasteiger partial charge in [0, 0.05) is 20.2 Å². The van der Waals surface area contributed by atoms with E-state index in [1.807, 2.05) is 6.92 Å². The van der Waals surface area contributed by atoms with Crippen molar-refractivity contribution in [1.82, 2.24) is 4.90 Å². The molecule has 0 radical (unpaired) electrons. The summed E-state index contributed by atoms with van der Waals surface area (Å²) in [5, 5.41) is 9.96. The highest BCUT2D eigenvalue weighted by Crippen LogP contribution is 2.27. The minimum atomic E-state index is -0.399. The van der Waals surface area contributed by atoms with E-state index in [-0.39, 0.29) is 6.10 Å². The second-order valence-electron chi connectivity index (χ2n) is 5.40. The highest BCUT2D eigenvalue weighted by molar-refractivity contribution is 4.75. The summed E-state index contributed by atoms with van der Waals surface area (Å²) >= 11 is 0. The average molecular weight is 259 g/mol. The van der Waals surface area contributed by atoms with Crippen LogP contribution in [0, 0.1) is 5.92 Å². The molecule has 0 bridgehead atoms. The van der Waals surface area contributed by atoms with Crippen LogP contribution in [0.1, 0.15) is 33.1 Å². The quantitative estimate of drug-likeness (QED) is 0.646. The number of hydrogen-bond acceptors (Lipinski definition) is 4. The second kappa shape index (κ2) is 8.86. The zero-order valence-corrected chi connectivity index (χ0v) is 12.1. The number of nitrogens with zero attached hydrogens (tertiary/aromatic N) is 1. The lowest BCUT2D eigenvalue weighted by molar-refractivity contribution is -0.0409. The Morgan fingerprint density at radius 3 is 2.56 bits per heavy atom. The SMILES string of the molecule is CCN(CC(O)COC(C)COC)CC1CCC1. The second-order valence-corrected chi connectivity index (χ2v) is 5.40. The molecule has 1 fully saturated rings. The molecule has 0 aliphatic heterocycles. The van der Waals surface area contributed by atoms with Crippen LogP contribution in [0.5, 0.6) is 0 Å². The topological polar surface area (TPSA) is 41.9 Å². The van der Waals surface area contributed by atoms with E-state index in [1.54, 1.807) is 7.11 Å². The molecule has 4 heteroatoms. The molecule has 0 amide bonds. The number of likely N-dealkylation sites (N-methyl/N-ethyl adjacent to an activating group) is 1. The molecule has 1 N–H and O–H groups in total. The lowest BCUT2D eigenvalue weighted by Crippen LogP contribution is -2.39. The highest BCUT2D eigenvalue weighted by atomic mass is 16.5. The Hall–Kier alpha value is -0.160. The number of aliphatic hydroxyl groups excluding tert-OH is 1. The molecular formula is C14H29NO3. The summed E-state index contributed by atoms with van der Waals surface area (Å²) in [6, 6.07) is 0. The number of aliphatic hydroxyl groups is 1. The predicted octanol–water partition coefficient (Wildman–Crippen LogP) is 1.52. The van der Waals surface area contributed by atoms with Gasteiger partial charge in [0.05, 0.1) is 25.4 Å². The fourth-order valence-electron chi connectivity index (χ4n) is 2.28. The third-order valence-electron chi connectivity index (χ3n) is 3.63. The zero-order valence-electron chi connectivity index (χ0n) is 12.1. The molecule has 0 aromatic carbocycles. The molecule has 1 aliphatic rings. The fraction of sp³-hybridized carbons (Fsp3) is 1.00. The molecule has 2 unspecified atom stereocenters. The minimum absolute atomic E-state index is 0.0476. The van der Waals surface area contributed by atoms with Gasteiger partial charge in [-0.25, -0.2) is 0 Å². The third-order valence-corrected chi connectivity index (χ3v) is 3.63. The maximum atomic E-state index is 9.96. The van der Waals surface area contributed by atoms with Gasteiger partial charge in [-0.15, -0.1) is 0 Å². The standard InChI is InChI=1S/C14H29NO3/c1-4-15(8-13-6-5-7-13)9-14(16)11-18-12(2)10-17-3/h12-14,16H,4-11H2,1-3H3. The monoisotopic (exact) mass is 259 g/mol. The van der Waals surface area contributed by atoms with Crippen molar-refractivity contribution >= 4 is 0 Å². The van der Waals surface area contributed by atoms with Gasteiger partial charge in [0.1, 0.15) is 0 Å². The first kappa shape index (κ1) is 15.9. The van der Waals surface area contributed by atoms with E-state index >= 15 is 0 Å². The average Bonchev–Trinajstić information content (AvgIpc) is 2.30. The van der Waals surface area contributed by atoms with Crippen LogP contribution in [0.2, 0.25) is 0 Å². The van der Waals surface area contributed by atoms with Gasteiger partial charge in [-0.2, -0.15) is 0 Å². The maximum Gasteiger partial charge on any atom is 0.0900 e. The van der Waals surface area contributed by atoms with Crippen LogP contribution in [0.15, 0.2) is 0 Å². The van der Waals surface area contributed by atoms with Crippen LogP contribution in [0.25, 0.3) is 0 Å². The van der Waals surface area contributed by atoms with E-state index in [4.69, 9.17) is 9.47 Å². The Morgan fingerprint density at radius 2 is 2.06 bits per heavy atom. The molecule has 4 nitrogen and oxygen atoms in total. The number of ether oxygens (including phenoxy) is 2. The summed E-state index contributed by atoms with van der Waals surface area (Å²) in [7, 11) is 1.66. The summed E-state index contributed by atoms with van der Waals surface area (Å²) in [6.45, 7) is 7.93. The fourth-order valence-corrected chi connectivity index (χ4v) is 2.28. The van der Waals surface area contributed by atoms with Crippen molar-refractivity contribution in [2.75, 3.05) is 40.0 Å². The van der Waals surface area contributed by atoms with Crippen molar-refractivity contribution in [2.45, 2.75) is 45.3 Å². The molecule has 2 atom stereocenters. The molecule has 1 aliphatic carbocycles. The summed E-state index contributed by atoms with van der Waals surface area (Å²) < 4.78 is 10.5. The zero-order chi connectivity index (χ0) is 13.4. The van der Waals surface area contributed by atoms with E-state index in [2.05, 4.69) is 11.8 Å². The van der Waals surface area contributed by atoms with Crippen LogP contribution in [-0.2, 0) is 9.47 Å². The Morgan fingerprint density at radius 1 is 1.33 bits per heavy atom. The molecule has 18 heavy (non-hydrogen) atoms. The maximum absolute atomic E-state index is 9.96. The van der Waals surface area contributed by atoms with E-state index in [0.717, 1.165) is 19.0 Å². The first-order chi connectivity index (χ1) is 8.65. The molecule has 108 valence electrons. The van der Waals surface area contributed by atoms with E-state index in [9.17, 15) is 5.11 Å². The molecule has 0 spiro atoms. The van der Waals surface area contributed by atoms with Gasteiger partial charge in [0.15, 0.2) is 0 Å². The van der Waals surface area contributed by atoms with Gasteiger partial charge >= 0.3 is 0 Å². The van der Waals surface area contributed by atoms with Crippen molar-refractivity contribution in [3.05, 3.63) is 0 Å². The van der Waals surface area contributed by atoms with E-state index in [1.165, 1.54) is 19.3 Å². The van der Waals surface area contributed by atoms with Gasteiger partial charge in [0.2, 0.25) is 0 Å². The van der Waals surface area contributed by atoms with Gasteiger partial charge < -0.3 is 19.5 Å². The van der Waals surface area contributed by atoms with Crippen molar-refractivity contribution in [3.8, 4) is 0 Å². The minimum Gasteiger partial charge on any atom is -0.389 e. The van der Waals surface area contributed by atoms with Crippen molar-refractivity contribution in [2.24, 2.45) is 5.92 Å². The number of methoxy groups -OCH3 is 1. The predicted molar refractivity (Wildman–Crippen MR) is 72.8 cm³/mol. The smallest absolute Gasteiger partial charge is 0.0900 e. The number of hydrogen-bond donors (Lipinski definition) is 1. The Bertz CT molecular complexity index is 209.